The van der Waals surface area contributed by atoms with E-state index in [-0.39, 0.29) is 23.2 Å². The lowest BCUT2D eigenvalue weighted by atomic mass is 9.74. The van der Waals surface area contributed by atoms with Gasteiger partial charge in [-0.25, -0.2) is 14.6 Å². The molecule has 10 heteroatoms. The smallest absolute Gasteiger partial charge is 0.407 e. The molecule has 4 rings (SSSR count). The van der Waals surface area contributed by atoms with E-state index < -0.39 is 11.6 Å². The monoisotopic (exact) mass is 565 g/mol. The predicted octanol–water partition coefficient (Wildman–Crippen LogP) is 7.21. The molecule has 0 unspecified atom stereocenters. The Hall–Kier alpha value is -2.16. The van der Waals surface area contributed by atoms with Gasteiger partial charge in [0.05, 0.1) is 15.7 Å². The Kier molecular flexibility index (Phi) is 8.22. The van der Waals surface area contributed by atoms with E-state index >= 15 is 0 Å². The van der Waals surface area contributed by atoms with E-state index in [1.807, 2.05) is 39.8 Å². The SMILES string of the molecule is Cc1cc(N2CCC3(CCC[C@H]3NC(=O)OC(C)(C)C)CC2)c(C(=O)O)nc1Sc1cccc(Cl)c1Cl. The van der Waals surface area contributed by atoms with E-state index in [0.717, 1.165) is 42.6 Å². The van der Waals surface area contributed by atoms with Gasteiger partial charge in [-0.2, -0.15) is 0 Å². The molecule has 0 radical (unpaired) electrons. The molecule has 1 aromatic heterocycles. The lowest BCUT2D eigenvalue weighted by Gasteiger charge is -2.44. The summed E-state index contributed by atoms with van der Waals surface area (Å²) in [4.78, 5) is 32.0. The van der Waals surface area contributed by atoms with E-state index in [9.17, 15) is 14.7 Å². The average Bonchev–Trinajstić information content (AvgIpc) is 3.18. The summed E-state index contributed by atoms with van der Waals surface area (Å²) in [5.41, 5.74) is 0.970. The van der Waals surface area contributed by atoms with Gasteiger partial charge in [-0.05, 0) is 82.6 Å². The van der Waals surface area contributed by atoms with Gasteiger partial charge in [0.2, 0.25) is 0 Å². The van der Waals surface area contributed by atoms with E-state index in [1.54, 1.807) is 12.1 Å². The highest BCUT2D eigenvalue weighted by atomic mass is 35.5. The van der Waals surface area contributed by atoms with Crippen LogP contribution in [0.5, 0.6) is 0 Å². The van der Waals surface area contributed by atoms with Gasteiger partial charge in [-0.3, -0.25) is 0 Å². The fraction of sp³-hybridized carbons (Fsp3) is 0.519. The summed E-state index contributed by atoms with van der Waals surface area (Å²) >= 11 is 13.8. The normalized spacial score (nSPS) is 19.2. The second-order valence-electron chi connectivity index (χ2n) is 10.9. The quantitative estimate of drug-likeness (QED) is 0.395. The van der Waals surface area contributed by atoms with Crippen LogP contribution in [0.3, 0.4) is 0 Å². The molecule has 2 aliphatic rings. The number of alkyl carbamates (subject to hydrolysis) is 1. The summed E-state index contributed by atoms with van der Waals surface area (Å²) in [5, 5.41) is 14.6. The van der Waals surface area contributed by atoms with Crippen LogP contribution < -0.4 is 10.2 Å². The minimum absolute atomic E-state index is 0.00160. The Morgan fingerprint density at radius 3 is 2.57 bits per heavy atom. The summed E-state index contributed by atoms with van der Waals surface area (Å²) in [5.74, 6) is -1.07. The largest absolute Gasteiger partial charge is 0.476 e. The number of aromatic carboxylic acids is 1. The lowest BCUT2D eigenvalue weighted by Crippen LogP contribution is -2.51. The number of carboxylic acid groups (broad SMARTS) is 1. The van der Waals surface area contributed by atoms with Crippen LogP contribution in [0.2, 0.25) is 10.0 Å². The second kappa shape index (κ2) is 10.9. The Labute approximate surface area is 232 Å². The maximum Gasteiger partial charge on any atom is 0.407 e. The Morgan fingerprint density at radius 1 is 1.22 bits per heavy atom. The molecule has 1 saturated carbocycles. The van der Waals surface area contributed by atoms with Crippen molar-refractivity contribution in [3.05, 3.63) is 45.6 Å². The number of hydrogen-bond acceptors (Lipinski definition) is 6. The van der Waals surface area contributed by atoms with Crippen molar-refractivity contribution in [3.8, 4) is 0 Å². The van der Waals surface area contributed by atoms with Gasteiger partial charge in [0, 0.05) is 24.0 Å². The zero-order valence-corrected chi connectivity index (χ0v) is 23.9. The molecule has 1 aliphatic heterocycles. The summed E-state index contributed by atoms with van der Waals surface area (Å²) in [6.07, 6.45) is 4.38. The number of piperidine rings is 1. The van der Waals surface area contributed by atoms with Crippen LogP contribution in [-0.4, -0.2) is 46.9 Å². The number of hydrogen-bond donors (Lipinski definition) is 2. The number of carbonyl (C=O) groups excluding carboxylic acids is 1. The van der Waals surface area contributed by atoms with Crippen molar-refractivity contribution < 1.29 is 19.4 Å². The Morgan fingerprint density at radius 2 is 1.92 bits per heavy atom. The molecule has 1 amide bonds. The highest BCUT2D eigenvalue weighted by molar-refractivity contribution is 7.99. The third-order valence-corrected chi connectivity index (χ3v) is 9.27. The second-order valence-corrected chi connectivity index (χ2v) is 12.7. The molecular weight excluding hydrogens is 533 g/mol. The third-order valence-electron chi connectivity index (χ3n) is 7.17. The van der Waals surface area contributed by atoms with Crippen molar-refractivity contribution in [3.63, 3.8) is 0 Å². The van der Waals surface area contributed by atoms with Gasteiger partial charge in [-0.15, -0.1) is 0 Å². The van der Waals surface area contributed by atoms with Crippen LogP contribution in [0.4, 0.5) is 10.5 Å². The number of anilines is 1. The number of ether oxygens (including phenoxy) is 1. The number of pyridine rings is 1. The van der Waals surface area contributed by atoms with Crippen molar-refractivity contribution >= 4 is 52.7 Å². The van der Waals surface area contributed by atoms with Gasteiger partial charge in [0.25, 0.3) is 0 Å². The summed E-state index contributed by atoms with van der Waals surface area (Å²) in [7, 11) is 0. The maximum absolute atomic E-state index is 12.5. The Balaban J connectivity index is 1.51. The molecule has 200 valence electrons. The van der Waals surface area contributed by atoms with Crippen molar-refractivity contribution in [2.75, 3.05) is 18.0 Å². The van der Waals surface area contributed by atoms with Gasteiger partial charge < -0.3 is 20.1 Å². The van der Waals surface area contributed by atoms with Crippen LogP contribution in [0, 0.1) is 12.3 Å². The topological polar surface area (TPSA) is 91.8 Å². The fourth-order valence-electron chi connectivity index (χ4n) is 5.36. The molecule has 37 heavy (non-hydrogen) atoms. The molecular formula is C27H33Cl2N3O4S. The molecule has 2 aromatic rings. The standard InChI is InChI=1S/C27H33Cl2N3O4S/c1-16-15-18(22(24(33)34)31-23(16)37-19-8-5-7-17(28)21(19)29)32-13-11-27(12-14-32)10-6-9-20(27)30-25(35)36-26(2,3)4/h5,7-8,15,20H,6,9-14H2,1-4H3,(H,30,35)(H,33,34)/t20-/m1/s1. The fourth-order valence-corrected chi connectivity index (χ4v) is 6.74. The molecule has 2 heterocycles. The number of nitrogens with zero attached hydrogens (tertiary/aromatic N) is 2. The average molecular weight is 567 g/mol. The first-order valence-corrected chi connectivity index (χ1v) is 14.1. The first-order chi connectivity index (χ1) is 17.4. The van der Waals surface area contributed by atoms with Crippen molar-refractivity contribution in [1.29, 1.82) is 0 Å². The van der Waals surface area contributed by atoms with Crippen LogP contribution in [0.15, 0.2) is 34.2 Å². The molecule has 0 bridgehead atoms. The minimum atomic E-state index is -1.07. The number of amides is 1. The highest BCUT2D eigenvalue weighted by Gasteiger charge is 2.46. The molecule has 1 saturated heterocycles. The summed E-state index contributed by atoms with van der Waals surface area (Å²) in [6, 6.07) is 7.31. The van der Waals surface area contributed by atoms with Gasteiger partial charge >= 0.3 is 12.1 Å². The molecule has 1 aliphatic carbocycles. The number of nitrogens with one attached hydrogen (secondary N) is 1. The predicted molar refractivity (Wildman–Crippen MR) is 147 cm³/mol. The third kappa shape index (κ3) is 6.29. The molecule has 2 N–H and O–H groups in total. The molecule has 7 nitrogen and oxygen atoms in total. The Bertz CT molecular complexity index is 1190. The lowest BCUT2D eigenvalue weighted by molar-refractivity contribution is 0.0441. The van der Waals surface area contributed by atoms with Crippen molar-refractivity contribution in [2.45, 2.75) is 81.4 Å². The zero-order chi connectivity index (χ0) is 27.0. The number of aryl methyl sites for hydroxylation is 1. The molecule has 1 aromatic carbocycles. The van der Waals surface area contributed by atoms with Gasteiger partial charge in [0.15, 0.2) is 5.69 Å². The van der Waals surface area contributed by atoms with Gasteiger partial charge in [-0.1, -0.05) is 47.5 Å². The van der Waals surface area contributed by atoms with Crippen molar-refractivity contribution in [2.24, 2.45) is 5.41 Å². The number of carbonyl (C=O) groups is 2. The number of benzene rings is 1. The zero-order valence-electron chi connectivity index (χ0n) is 21.6. The van der Waals surface area contributed by atoms with E-state index in [1.165, 1.54) is 11.8 Å². The first-order valence-electron chi connectivity index (χ1n) is 12.5. The number of halogens is 2. The number of carboxylic acids is 1. The maximum atomic E-state index is 12.5. The molecule has 1 atom stereocenters. The van der Waals surface area contributed by atoms with Crippen LogP contribution in [0.25, 0.3) is 0 Å². The summed E-state index contributed by atoms with van der Waals surface area (Å²) in [6.45, 7) is 8.89. The van der Waals surface area contributed by atoms with Crippen LogP contribution in [0.1, 0.15) is 68.9 Å². The first kappa shape index (κ1) is 27.9. The van der Waals surface area contributed by atoms with Crippen LogP contribution >= 0.6 is 35.0 Å². The van der Waals surface area contributed by atoms with Crippen LogP contribution in [-0.2, 0) is 4.74 Å². The van der Waals surface area contributed by atoms with Crippen molar-refractivity contribution in [1.82, 2.24) is 10.3 Å². The van der Waals surface area contributed by atoms with E-state index in [2.05, 4.69) is 15.2 Å². The number of aromatic nitrogens is 1. The summed E-state index contributed by atoms with van der Waals surface area (Å²) < 4.78 is 5.50. The van der Waals surface area contributed by atoms with E-state index in [0.29, 0.717) is 33.8 Å². The minimum Gasteiger partial charge on any atom is -0.476 e. The van der Waals surface area contributed by atoms with Gasteiger partial charge in [0.1, 0.15) is 10.6 Å². The highest BCUT2D eigenvalue weighted by Crippen LogP contribution is 2.47. The number of rotatable bonds is 5. The molecule has 2 fully saturated rings. The van der Waals surface area contributed by atoms with E-state index in [4.69, 9.17) is 27.9 Å². The molecule has 1 spiro atoms.